The lowest BCUT2D eigenvalue weighted by Gasteiger charge is -1.95. The third kappa shape index (κ3) is 4.72. The Morgan fingerprint density at radius 1 is 1.53 bits per heavy atom. The monoisotopic (exact) mass is 277 g/mol. The van der Waals surface area contributed by atoms with E-state index >= 15 is 0 Å². The van der Waals surface area contributed by atoms with Crippen molar-refractivity contribution >= 4 is 34.8 Å². The van der Waals surface area contributed by atoms with Crippen LogP contribution in [0, 0.1) is 5.92 Å². The topological polar surface area (TPSA) is 89.6 Å². The number of ether oxygens (including phenoxy) is 1. The van der Waals surface area contributed by atoms with Gasteiger partial charge in [0.15, 0.2) is 0 Å². The largest absolute Gasteiger partial charge is 0.481 e. The molecule has 1 aliphatic rings. The number of hydrogen-bond acceptors (Lipinski definition) is 4. The van der Waals surface area contributed by atoms with E-state index in [1.807, 2.05) is 0 Å². The summed E-state index contributed by atoms with van der Waals surface area (Å²) >= 11 is 6.70. The molecule has 1 aliphatic heterocycles. The molecule has 1 amide bonds. The van der Waals surface area contributed by atoms with Crippen LogP contribution in [-0.4, -0.2) is 30.2 Å². The van der Waals surface area contributed by atoms with E-state index in [1.54, 1.807) is 12.1 Å². The van der Waals surface area contributed by atoms with Gasteiger partial charge in [0, 0.05) is 6.61 Å². The van der Waals surface area contributed by atoms with Crippen molar-refractivity contribution in [2.75, 3.05) is 13.2 Å². The minimum atomic E-state index is -0.734. The lowest BCUT2D eigenvalue weighted by molar-refractivity contribution is -0.141. The Hall–Kier alpha value is -1.11. The normalized spacial score (nSPS) is 18.3. The van der Waals surface area contributed by atoms with Gasteiger partial charge in [0.1, 0.15) is 0 Å². The number of hydrogen-bond donors (Lipinski definition) is 2. The molecule has 1 saturated heterocycles. The first kappa shape index (κ1) is 14.0. The van der Waals surface area contributed by atoms with Crippen LogP contribution < -0.4 is 5.73 Å². The van der Waals surface area contributed by atoms with Crippen molar-refractivity contribution in [3.63, 3.8) is 0 Å². The van der Waals surface area contributed by atoms with Gasteiger partial charge in [-0.2, -0.15) is 0 Å². The second kappa shape index (κ2) is 6.58. The maximum atomic E-state index is 10.4. The van der Waals surface area contributed by atoms with Gasteiger partial charge in [-0.1, -0.05) is 11.6 Å². The number of halogens is 1. The molecule has 0 aliphatic carbocycles. The molecule has 7 heteroatoms. The fourth-order valence-corrected chi connectivity index (χ4v) is 2.07. The van der Waals surface area contributed by atoms with Crippen molar-refractivity contribution in [2.45, 2.75) is 6.42 Å². The van der Waals surface area contributed by atoms with E-state index in [1.165, 1.54) is 11.3 Å². The third-order valence-corrected chi connectivity index (χ3v) is 3.34. The average molecular weight is 278 g/mol. The first-order valence-electron chi connectivity index (χ1n) is 4.86. The van der Waals surface area contributed by atoms with Crippen LogP contribution in [-0.2, 0) is 9.53 Å². The Morgan fingerprint density at radius 3 is 2.47 bits per heavy atom. The predicted octanol–water partition coefficient (Wildman–Crippen LogP) is 1.61. The van der Waals surface area contributed by atoms with E-state index in [2.05, 4.69) is 0 Å². The summed E-state index contributed by atoms with van der Waals surface area (Å²) in [6, 6.07) is 3.25. The Balaban J connectivity index is 0.000000171. The second-order valence-electron chi connectivity index (χ2n) is 3.37. The SMILES string of the molecule is NC(=O)c1ccc(Cl)s1.O=C(O)C1CCOC1. The molecular formula is C10H12ClNO4S. The van der Waals surface area contributed by atoms with Gasteiger partial charge in [0.05, 0.1) is 21.7 Å². The summed E-state index contributed by atoms with van der Waals surface area (Å²) < 4.78 is 5.42. The molecule has 1 atom stereocenters. The first-order valence-corrected chi connectivity index (χ1v) is 6.06. The molecule has 1 fully saturated rings. The predicted molar refractivity (Wildman–Crippen MR) is 64.4 cm³/mol. The van der Waals surface area contributed by atoms with Gasteiger partial charge in [0.2, 0.25) is 0 Å². The number of amides is 1. The fourth-order valence-electron chi connectivity index (χ4n) is 1.18. The minimum Gasteiger partial charge on any atom is -0.481 e. The van der Waals surface area contributed by atoms with Crippen molar-refractivity contribution < 1.29 is 19.4 Å². The minimum absolute atomic E-state index is 0.241. The number of thiophene rings is 1. The maximum Gasteiger partial charge on any atom is 0.308 e. The fraction of sp³-hybridized carbons (Fsp3) is 0.400. The lowest BCUT2D eigenvalue weighted by Crippen LogP contribution is -2.12. The number of aliphatic carboxylic acids is 1. The van der Waals surface area contributed by atoms with Gasteiger partial charge in [-0.3, -0.25) is 9.59 Å². The van der Waals surface area contributed by atoms with Crippen LogP contribution in [0.15, 0.2) is 12.1 Å². The van der Waals surface area contributed by atoms with Crippen LogP contribution >= 0.6 is 22.9 Å². The molecule has 3 N–H and O–H groups in total. The third-order valence-electron chi connectivity index (χ3n) is 2.09. The zero-order valence-electron chi connectivity index (χ0n) is 8.89. The molecule has 5 nitrogen and oxygen atoms in total. The Morgan fingerprint density at radius 2 is 2.24 bits per heavy atom. The first-order chi connectivity index (χ1) is 8.00. The van der Waals surface area contributed by atoms with E-state index < -0.39 is 11.9 Å². The van der Waals surface area contributed by atoms with Gasteiger partial charge >= 0.3 is 5.97 Å². The summed E-state index contributed by atoms with van der Waals surface area (Å²) in [4.78, 5) is 21.0. The van der Waals surface area contributed by atoms with Crippen molar-refractivity contribution in [1.82, 2.24) is 0 Å². The van der Waals surface area contributed by atoms with Crippen molar-refractivity contribution in [1.29, 1.82) is 0 Å². The van der Waals surface area contributed by atoms with E-state index in [9.17, 15) is 9.59 Å². The van der Waals surface area contributed by atoms with E-state index in [4.69, 9.17) is 27.2 Å². The van der Waals surface area contributed by atoms with Gasteiger partial charge < -0.3 is 15.6 Å². The molecule has 2 rings (SSSR count). The summed E-state index contributed by atoms with van der Waals surface area (Å²) in [5.74, 6) is -1.40. The highest BCUT2D eigenvalue weighted by molar-refractivity contribution is 7.17. The molecule has 0 spiro atoms. The smallest absolute Gasteiger partial charge is 0.308 e. The lowest BCUT2D eigenvalue weighted by atomic mass is 10.1. The van der Waals surface area contributed by atoms with E-state index in [0.717, 1.165) is 0 Å². The molecular weight excluding hydrogens is 266 g/mol. The van der Waals surface area contributed by atoms with Crippen molar-refractivity contribution in [3.05, 3.63) is 21.3 Å². The zero-order valence-corrected chi connectivity index (χ0v) is 10.5. The molecule has 0 radical (unpaired) electrons. The molecule has 1 unspecified atom stereocenters. The number of nitrogens with two attached hydrogens (primary N) is 1. The molecule has 1 aromatic heterocycles. The van der Waals surface area contributed by atoms with Gasteiger partial charge in [-0.15, -0.1) is 11.3 Å². The summed E-state index contributed by atoms with van der Waals surface area (Å²) in [6.07, 6.45) is 0.676. The number of carbonyl (C=O) groups is 2. The number of carboxylic acids is 1. The van der Waals surface area contributed by atoms with Crippen molar-refractivity contribution in [2.24, 2.45) is 11.7 Å². The van der Waals surface area contributed by atoms with Crippen LogP contribution in [0.1, 0.15) is 16.1 Å². The van der Waals surface area contributed by atoms with Crippen LogP contribution in [0.4, 0.5) is 0 Å². The average Bonchev–Trinajstić information content (AvgIpc) is 2.87. The zero-order chi connectivity index (χ0) is 12.8. The molecule has 2 heterocycles. The van der Waals surface area contributed by atoms with Crippen LogP contribution in [0.5, 0.6) is 0 Å². The molecule has 1 aromatic rings. The van der Waals surface area contributed by atoms with E-state index in [-0.39, 0.29) is 5.92 Å². The second-order valence-corrected chi connectivity index (χ2v) is 5.08. The highest BCUT2D eigenvalue weighted by Gasteiger charge is 2.21. The van der Waals surface area contributed by atoms with Gasteiger partial charge in [-0.25, -0.2) is 0 Å². The van der Waals surface area contributed by atoms with Gasteiger partial charge in [-0.05, 0) is 18.6 Å². The Bertz CT molecular complexity index is 401. The van der Waals surface area contributed by atoms with Crippen molar-refractivity contribution in [3.8, 4) is 0 Å². The summed E-state index contributed by atoms with van der Waals surface area (Å²) in [6.45, 7) is 1.01. The van der Waals surface area contributed by atoms with E-state index in [0.29, 0.717) is 28.8 Å². The Labute approximate surface area is 107 Å². The summed E-state index contributed by atoms with van der Waals surface area (Å²) in [5, 5.41) is 8.33. The van der Waals surface area contributed by atoms with Gasteiger partial charge in [0.25, 0.3) is 5.91 Å². The number of carbonyl (C=O) groups excluding carboxylic acids is 1. The number of carboxylic acid groups (broad SMARTS) is 1. The van der Waals surface area contributed by atoms with Crippen LogP contribution in [0.25, 0.3) is 0 Å². The molecule has 17 heavy (non-hydrogen) atoms. The van der Waals surface area contributed by atoms with Crippen LogP contribution in [0.3, 0.4) is 0 Å². The number of primary amides is 1. The summed E-state index contributed by atoms with van der Waals surface area (Å²) in [5.41, 5.74) is 4.94. The maximum absolute atomic E-state index is 10.4. The summed E-state index contributed by atoms with van der Waals surface area (Å²) in [7, 11) is 0. The highest BCUT2D eigenvalue weighted by Crippen LogP contribution is 2.20. The standard InChI is InChI=1S/C5H4ClNOS.C5H8O3/c6-4-2-1-3(9-4)5(7)8;6-5(7)4-1-2-8-3-4/h1-2H,(H2,7,8);4H,1-3H2,(H,6,7). The van der Waals surface area contributed by atoms with Crippen LogP contribution in [0.2, 0.25) is 4.34 Å². The molecule has 0 bridgehead atoms. The quantitative estimate of drug-likeness (QED) is 0.859. The number of rotatable bonds is 2. The highest BCUT2D eigenvalue weighted by atomic mass is 35.5. The molecule has 0 saturated carbocycles. The molecule has 94 valence electrons. The Kier molecular flexibility index (Phi) is 5.40. The molecule has 0 aromatic carbocycles.